The first-order chi connectivity index (χ1) is 7.21. The Morgan fingerprint density at radius 1 is 1.60 bits per heavy atom. The highest BCUT2D eigenvalue weighted by Gasteiger charge is 2.49. The van der Waals surface area contributed by atoms with Crippen LogP contribution in [0.4, 0.5) is 0 Å². The van der Waals surface area contributed by atoms with Gasteiger partial charge in [-0.15, -0.1) is 0 Å². The van der Waals surface area contributed by atoms with E-state index >= 15 is 0 Å². The summed E-state index contributed by atoms with van der Waals surface area (Å²) in [6.07, 6.45) is 9.72. The van der Waals surface area contributed by atoms with Gasteiger partial charge in [0, 0.05) is 6.42 Å². The molecule has 2 nitrogen and oxygen atoms in total. The highest BCUT2D eigenvalue weighted by molar-refractivity contribution is 5.90. The number of carbonyl (C=O) groups is 1. The van der Waals surface area contributed by atoms with Gasteiger partial charge in [-0.1, -0.05) is 19.1 Å². The van der Waals surface area contributed by atoms with E-state index < -0.39 is 0 Å². The molecule has 2 atom stereocenters. The molecular formula is C13H18O2. The van der Waals surface area contributed by atoms with Gasteiger partial charge in [0.15, 0.2) is 0 Å². The zero-order chi connectivity index (χ0) is 10.9. The number of methoxy groups -OCH3 is 1. The molecule has 2 heteroatoms. The zero-order valence-corrected chi connectivity index (χ0v) is 9.45. The van der Waals surface area contributed by atoms with Crippen molar-refractivity contribution in [1.82, 2.24) is 0 Å². The Kier molecular flexibility index (Phi) is 2.68. The lowest BCUT2D eigenvalue weighted by molar-refractivity contribution is -0.125. The Balaban J connectivity index is 2.44. The van der Waals surface area contributed by atoms with Crippen LogP contribution in [0.25, 0.3) is 0 Å². The lowest BCUT2D eigenvalue weighted by atomic mass is 9.65. The lowest BCUT2D eigenvalue weighted by Gasteiger charge is -2.37. The Morgan fingerprint density at radius 3 is 3.00 bits per heavy atom. The van der Waals surface area contributed by atoms with E-state index in [4.69, 9.17) is 4.74 Å². The summed E-state index contributed by atoms with van der Waals surface area (Å²) in [6, 6.07) is 0. The third kappa shape index (κ3) is 1.43. The van der Waals surface area contributed by atoms with Crippen LogP contribution in [-0.2, 0) is 9.53 Å². The minimum Gasteiger partial charge on any atom is -0.504 e. The monoisotopic (exact) mass is 206 g/mol. The second-order valence-corrected chi connectivity index (χ2v) is 4.55. The number of hydrogen-bond donors (Lipinski definition) is 0. The molecule has 2 rings (SSSR count). The Morgan fingerprint density at radius 2 is 2.40 bits per heavy atom. The summed E-state index contributed by atoms with van der Waals surface area (Å²) in [5, 5.41) is 0. The van der Waals surface area contributed by atoms with E-state index in [2.05, 4.69) is 19.1 Å². The van der Waals surface area contributed by atoms with E-state index in [-0.39, 0.29) is 5.41 Å². The van der Waals surface area contributed by atoms with E-state index in [9.17, 15) is 4.79 Å². The highest BCUT2D eigenvalue weighted by Crippen LogP contribution is 2.51. The third-order valence-electron chi connectivity index (χ3n) is 3.85. The molecule has 0 N–H and O–H groups in total. The van der Waals surface area contributed by atoms with Crippen molar-refractivity contribution in [2.75, 3.05) is 7.11 Å². The van der Waals surface area contributed by atoms with Crippen LogP contribution >= 0.6 is 0 Å². The molecular weight excluding hydrogens is 188 g/mol. The van der Waals surface area contributed by atoms with Gasteiger partial charge in [0.1, 0.15) is 5.78 Å². The smallest absolute Gasteiger partial charge is 0.143 e. The maximum atomic E-state index is 12.1. The zero-order valence-electron chi connectivity index (χ0n) is 9.45. The average molecular weight is 206 g/mol. The predicted molar refractivity (Wildman–Crippen MR) is 59.3 cm³/mol. The fourth-order valence-corrected chi connectivity index (χ4v) is 3.04. The van der Waals surface area contributed by atoms with Gasteiger partial charge in [0.05, 0.1) is 18.8 Å². The molecule has 0 heterocycles. The van der Waals surface area contributed by atoms with Crippen molar-refractivity contribution in [3.8, 4) is 0 Å². The standard InChI is InChI=1S/C13H18O2/c1-10-5-3-6-11(9-15-2)13(10)8-4-7-12(13)14/h3,5,9-10H,4,6-8H2,1-2H3/t10-,13-/m1/s1. The molecule has 1 saturated carbocycles. The van der Waals surface area contributed by atoms with Crippen LogP contribution in [0.15, 0.2) is 24.0 Å². The molecule has 82 valence electrons. The van der Waals surface area contributed by atoms with Crippen LogP contribution < -0.4 is 0 Å². The minimum atomic E-state index is -0.231. The number of ketones is 1. The number of Topliss-reactive ketones (excluding diaryl/α,β-unsaturated/α-hetero) is 1. The summed E-state index contributed by atoms with van der Waals surface area (Å²) in [6.45, 7) is 2.14. The summed E-state index contributed by atoms with van der Waals surface area (Å²) in [7, 11) is 1.66. The van der Waals surface area contributed by atoms with E-state index in [1.165, 1.54) is 5.57 Å². The molecule has 0 unspecified atom stereocenters. The summed E-state index contributed by atoms with van der Waals surface area (Å²) in [4.78, 5) is 12.1. The van der Waals surface area contributed by atoms with Crippen molar-refractivity contribution in [1.29, 1.82) is 0 Å². The number of ether oxygens (including phenoxy) is 1. The number of hydrogen-bond acceptors (Lipinski definition) is 2. The molecule has 1 fully saturated rings. The Hall–Kier alpha value is -1.05. The third-order valence-corrected chi connectivity index (χ3v) is 3.85. The molecule has 0 aromatic carbocycles. The fourth-order valence-electron chi connectivity index (χ4n) is 3.04. The molecule has 15 heavy (non-hydrogen) atoms. The molecule has 0 bridgehead atoms. The molecule has 0 aromatic rings. The predicted octanol–water partition coefficient (Wildman–Crippen LogP) is 2.85. The van der Waals surface area contributed by atoms with Crippen molar-refractivity contribution in [2.45, 2.75) is 32.6 Å². The lowest BCUT2D eigenvalue weighted by Crippen LogP contribution is -2.36. The summed E-state index contributed by atoms with van der Waals surface area (Å²) < 4.78 is 5.12. The van der Waals surface area contributed by atoms with Crippen LogP contribution in [-0.4, -0.2) is 12.9 Å². The molecule has 0 aromatic heterocycles. The Labute approximate surface area is 91.0 Å². The fraction of sp³-hybridized carbons (Fsp3) is 0.615. The molecule has 0 radical (unpaired) electrons. The van der Waals surface area contributed by atoms with E-state index in [0.717, 1.165) is 25.7 Å². The van der Waals surface area contributed by atoms with Gasteiger partial charge < -0.3 is 4.74 Å². The van der Waals surface area contributed by atoms with Gasteiger partial charge >= 0.3 is 0 Å². The van der Waals surface area contributed by atoms with Gasteiger partial charge in [-0.3, -0.25) is 4.79 Å². The topological polar surface area (TPSA) is 26.3 Å². The van der Waals surface area contributed by atoms with Crippen molar-refractivity contribution < 1.29 is 9.53 Å². The number of rotatable bonds is 1. The molecule has 1 spiro atoms. The van der Waals surface area contributed by atoms with Crippen LogP contribution in [0, 0.1) is 11.3 Å². The van der Waals surface area contributed by atoms with Gasteiger partial charge in [-0.05, 0) is 30.8 Å². The van der Waals surface area contributed by atoms with Gasteiger partial charge in [-0.25, -0.2) is 0 Å². The summed E-state index contributed by atoms with van der Waals surface area (Å²) in [5.74, 6) is 0.727. The van der Waals surface area contributed by atoms with E-state index in [1.54, 1.807) is 13.4 Å². The number of carbonyl (C=O) groups excluding carboxylic acids is 1. The largest absolute Gasteiger partial charge is 0.504 e. The van der Waals surface area contributed by atoms with Crippen molar-refractivity contribution in [2.24, 2.45) is 11.3 Å². The molecule has 0 aliphatic heterocycles. The van der Waals surface area contributed by atoms with E-state index in [0.29, 0.717) is 11.7 Å². The first-order valence-corrected chi connectivity index (χ1v) is 5.64. The maximum Gasteiger partial charge on any atom is 0.143 e. The first-order valence-electron chi connectivity index (χ1n) is 5.64. The minimum absolute atomic E-state index is 0.231. The van der Waals surface area contributed by atoms with Gasteiger partial charge in [0.25, 0.3) is 0 Å². The van der Waals surface area contributed by atoms with Crippen molar-refractivity contribution in [3.05, 3.63) is 24.0 Å². The maximum absolute atomic E-state index is 12.1. The normalized spacial score (nSPS) is 37.9. The number of allylic oxidation sites excluding steroid dienone is 3. The SMILES string of the molecule is COC=C1CC=C[C@@H](C)[C@]12CCCC2=O. The second kappa shape index (κ2) is 3.84. The van der Waals surface area contributed by atoms with Crippen LogP contribution in [0.3, 0.4) is 0 Å². The quantitative estimate of drug-likeness (QED) is 0.487. The van der Waals surface area contributed by atoms with Gasteiger partial charge in [0.2, 0.25) is 0 Å². The molecule has 0 amide bonds. The first kappa shape index (κ1) is 10.5. The van der Waals surface area contributed by atoms with Crippen molar-refractivity contribution in [3.63, 3.8) is 0 Å². The van der Waals surface area contributed by atoms with E-state index in [1.807, 2.05) is 0 Å². The molecule has 0 saturated heterocycles. The van der Waals surface area contributed by atoms with Crippen LogP contribution in [0.5, 0.6) is 0 Å². The average Bonchev–Trinajstić information content (AvgIpc) is 2.58. The van der Waals surface area contributed by atoms with Crippen LogP contribution in [0.1, 0.15) is 32.6 Å². The molecule has 2 aliphatic rings. The second-order valence-electron chi connectivity index (χ2n) is 4.55. The highest BCUT2D eigenvalue weighted by atomic mass is 16.5. The van der Waals surface area contributed by atoms with Crippen molar-refractivity contribution >= 4 is 5.78 Å². The Bertz CT molecular complexity index is 327. The molecule has 2 aliphatic carbocycles. The van der Waals surface area contributed by atoms with Crippen LogP contribution in [0.2, 0.25) is 0 Å². The summed E-state index contributed by atoms with van der Waals surface area (Å²) >= 11 is 0. The van der Waals surface area contributed by atoms with Gasteiger partial charge in [-0.2, -0.15) is 0 Å². The summed E-state index contributed by atoms with van der Waals surface area (Å²) in [5.41, 5.74) is 0.938.